The number of carbonyl (C=O) groups excluding carboxylic acids is 1. The molecular weight excluding hydrogens is 328 g/mol. The lowest BCUT2D eigenvalue weighted by molar-refractivity contribution is 0.0642. The highest BCUT2D eigenvalue weighted by molar-refractivity contribution is 6.30. The van der Waals surface area contributed by atoms with E-state index in [2.05, 4.69) is 20.8 Å². The topological polar surface area (TPSA) is 79.0 Å². The van der Waals surface area contributed by atoms with Gasteiger partial charge in [0.15, 0.2) is 5.69 Å². The van der Waals surface area contributed by atoms with Crippen LogP contribution in [0.15, 0.2) is 24.3 Å². The summed E-state index contributed by atoms with van der Waals surface area (Å²) < 4.78 is 5.57. The highest BCUT2D eigenvalue weighted by Gasteiger charge is 2.25. The van der Waals surface area contributed by atoms with E-state index in [1.807, 2.05) is 31.2 Å². The first kappa shape index (κ1) is 17.0. The molecule has 3 N–H and O–H groups in total. The van der Waals surface area contributed by atoms with Gasteiger partial charge in [0.1, 0.15) is 6.10 Å². The van der Waals surface area contributed by atoms with Crippen LogP contribution in [-0.2, 0) is 17.7 Å². The van der Waals surface area contributed by atoms with E-state index < -0.39 is 0 Å². The van der Waals surface area contributed by atoms with Crippen molar-refractivity contribution in [3.05, 3.63) is 51.8 Å². The van der Waals surface area contributed by atoms with Crippen LogP contribution in [0.4, 0.5) is 0 Å². The van der Waals surface area contributed by atoms with Gasteiger partial charge in [0.25, 0.3) is 5.91 Å². The third kappa shape index (κ3) is 3.45. The number of methoxy groups -OCH3 is 1. The Labute approximate surface area is 145 Å². The first-order valence-electron chi connectivity index (χ1n) is 7.96. The molecule has 1 aromatic heterocycles. The number of H-pyrrole nitrogens is 1. The molecule has 1 aliphatic heterocycles. The van der Waals surface area contributed by atoms with Crippen molar-refractivity contribution in [1.82, 2.24) is 20.8 Å². The molecule has 1 aliphatic rings. The molecule has 2 aromatic rings. The number of fused-ring (bicyclic) bond motifs is 1. The largest absolute Gasteiger partial charge is 0.375 e. The maximum absolute atomic E-state index is 12.6. The molecule has 6 nitrogen and oxygen atoms in total. The Bertz CT molecular complexity index is 714. The molecule has 0 saturated heterocycles. The second kappa shape index (κ2) is 7.34. The minimum Gasteiger partial charge on any atom is -0.375 e. The van der Waals surface area contributed by atoms with E-state index in [0.717, 1.165) is 29.8 Å². The number of ether oxygens (including phenoxy) is 1. The number of hydrogen-bond donors (Lipinski definition) is 3. The Morgan fingerprint density at radius 1 is 1.38 bits per heavy atom. The van der Waals surface area contributed by atoms with Crippen LogP contribution in [0.2, 0.25) is 5.02 Å². The zero-order chi connectivity index (χ0) is 17.1. The number of rotatable bonds is 5. The van der Waals surface area contributed by atoms with Crippen molar-refractivity contribution in [2.24, 2.45) is 0 Å². The number of nitrogens with zero attached hydrogens (tertiary/aromatic N) is 1. The first-order valence-corrected chi connectivity index (χ1v) is 8.34. The minimum absolute atomic E-state index is 0.195. The number of benzene rings is 1. The maximum atomic E-state index is 12.6. The van der Waals surface area contributed by atoms with Gasteiger partial charge in [-0.1, -0.05) is 23.7 Å². The molecule has 2 heterocycles. The Kier molecular flexibility index (Phi) is 5.18. The van der Waals surface area contributed by atoms with E-state index in [0.29, 0.717) is 17.3 Å². The van der Waals surface area contributed by atoms with Crippen LogP contribution in [0, 0.1) is 0 Å². The molecule has 1 aromatic carbocycles. The average Bonchev–Trinajstić information content (AvgIpc) is 3.01. The second-order valence-corrected chi connectivity index (χ2v) is 6.36. The molecule has 0 fully saturated rings. The highest BCUT2D eigenvalue weighted by Crippen LogP contribution is 2.23. The lowest BCUT2D eigenvalue weighted by atomic mass is 10.0. The summed E-state index contributed by atoms with van der Waals surface area (Å²) in [5, 5.41) is 14.1. The van der Waals surface area contributed by atoms with Crippen LogP contribution in [-0.4, -0.2) is 35.8 Å². The van der Waals surface area contributed by atoms with Gasteiger partial charge in [-0.15, -0.1) is 0 Å². The van der Waals surface area contributed by atoms with Gasteiger partial charge in [-0.3, -0.25) is 9.89 Å². The Balaban J connectivity index is 1.73. The van der Waals surface area contributed by atoms with Crippen LogP contribution in [0.5, 0.6) is 0 Å². The second-order valence-electron chi connectivity index (χ2n) is 5.93. The van der Waals surface area contributed by atoms with Crippen molar-refractivity contribution in [3.63, 3.8) is 0 Å². The summed E-state index contributed by atoms with van der Waals surface area (Å²) >= 11 is 5.93. The van der Waals surface area contributed by atoms with Crippen molar-refractivity contribution < 1.29 is 9.53 Å². The quantitative estimate of drug-likeness (QED) is 0.774. The summed E-state index contributed by atoms with van der Waals surface area (Å²) in [6, 6.07) is 7.21. The Hall–Kier alpha value is -1.89. The predicted octanol–water partition coefficient (Wildman–Crippen LogP) is 2.21. The molecular formula is C17H21ClN4O2. The number of aromatic nitrogens is 2. The van der Waals surface area contributed by atoms with Gasteiger partial charge in [0.05, 0.1) is 6.04 Å². The molecule has 0 saturated carbocycles. The lowest BCUT2D eigenvalue weighted by Crippen LogP contribution is -2.38. The van der Waals surface area contributed by atoms with Crippen LogP contribution in [0.25, 0.3) is 0 Å². The number of nitrogens with one attached hydrogen (secondary N) is 3. The van der Waals surface area contributed by atoms with E-state index in [1.54, 1.807) is 7.11 Å². The average molecular weight is 349 g/mol. The van der Waals surface area contributed by atoms with E-state index in [-0.39, 0.29) is 18.1 Å². The molecule has 7 heteroatoms. The predicted molar refractivity (Wildman–Crippen MR) is 92.1 cm³/mol. The molecule has 3 rings (SSSR count). The number of carbonyl (C=O) groups is 1. The number of hydrogen-bond acceptors (Lipinski definition) is 4. The summed E-state index contributed by atoms with van der Waals surface area (Å²) in [7, 11) is 1.63. The standard InChI is InChI=1S/C17H21ClN4O2/c1-10(16(24-2)11-3-5-12(18)6-4-11)20-17(23)15-13-9-19-8-7-14(13)21-22-15/h3-6,10,16,19H,7-9H2,1-2H3,(H,20,23)(H,21,22). The fourth-order valence-corrected chi connectivity index (χ4v) is 3.17. The van der Waals surface area contributed by atoms with Crippen LogP contribution >= 0.6 is 11.6 Å². The Morgan fingerprint density at radius 2 is 2.12 bits per heavy atom. The van der Waals surface area contributed by atoms with Crippen molar-refractivity contribution in [1.29, 1.82) is 0 Å². The van der Waals surface area contributed by atoms with Crippen LogP contribution in [0.1, 0.15) is 40.3 Å². The van der Waals surface area contributed by atoms with Gasteiger partial charge >= 0.3 is 0 Å². The molecule has 0 radical (unpaired) electrons. The van der Waals surface area contributed by atoms with Crippen LogP contribution < -0.4 is 10.6 Å². The molecule has 2 atom stereocenters. The third-order valence-electron chi connectivity index (χ3n) is 4.29. The summed E-state index contributed by atoms with van der Waals surface area (Å²) in [5.74, 6) is -0.195. The van der Waals surface area contributed by atoms with E-state index >= 15 is 0 Å². The van der Waals surface area contributed by atoms with E-state index in [4.69, 9.17) is 16.3 Å². The third-order valence-corrected chi connectivity index (χ3v) is 4.54. The lowest BCUT2D eigenvalue weighted by Gasteiger charge is -2.24. The van der Waals surface area contributed by atoms with Crippen LogP contribution in [0.3, 0.4) is 0 Å². The fraction of sp³-hybridized carbons (Fsp3) is 0.412. The number of halogens is 1. The van der Waals surface area contributed by atoms with Gasteiger partial charge in [-0.05, 0) is 24.6 Å². The van der Waals surface area contributed by atoms with E-state index in [1.165, 1.54) is 0 Å². The smallest absolute Gasteiger partial charge is 0.272 e. The highest BCUT2D eigenvalue weighted by atomic mass is 35.5. The zero-order valence-corrected chi connectivity index (χ0v) is 14.5. The van der Waals surface area contributed by atoms with Crippen molar-refractivity contribution in [2.75, 3.05) is 13.7 Å². The van der Waals surface area contributed by atoms with Gasteiger partial charge < -0.3 is 15.4 Å². The van der Waals surface area contributed by atoms with Gasteiger partial charge in [0.2, 0.25) is 0 Å². The molecule has 128 valence electrons. The molecule has 1 amide bonds. The van der Waals surface area contributed by atoms with Crippen molar-refractivity contribution in [2.45, 2.75) is 32.0 Å². The molecule has 2 unspecified atom stereocenters. The molecule has 0 spiro atoms. The summed E-state index contributed by atoms with van der Waals surface area (Å²) in [6.07, 6.45) is 0.593. The molecule has 0 aliphatic carbocycles. The Morgan fingerprint density at radius 3 is 2.83 bits per heavy atom. The summed E-state index contributed by atoms with van der Waals surface area (Å²) in [5.41, 5.74) is 3.40. The van der Waals surface area contributed by atoms with Gasteiger partial charge in [-0.25, -0.2) is 0 Å². The number of aromatic amines is 1. The molecule has 24 heavy (non-hydrogen) atoms. The van der Waals surface area contributed by atoms with Crippen molar-refractivity contribution in [3.8, 4) is 0 Å². The zero-order valence-electron chi connectivity index (χ0n) is 13.7. The normalized spacial score (nSPS) is 16.3. The van der Waals surface area contributed by atoms with Gasteiger partial charge in [-0.2, -0.15) is 5.10 Å². The fourth-order valence-electron chi connectivity index (χ4n) is 3.05. The summed E-state index contributed by atoms with van der Waals surface area (Å²) in [6.45, 7) is 3.47. The minimum atomic E-state index is -0.265. The maximum Gasteiger partial charge on any atom is 0.272 e. The monoisotopic (exact) mass is 348 g/mol. The van der Waals surface area contributed by atoms with Crippen molar-refractivity contribution >= 4 is 17.5 Å². The number of amides is 1. The molecule has 0 bridgehead atoms. The van der Waals surface area contributed by atoms with E-state index in [9.17, 15) is 4.79 Å². The summed E-state index contributed by atoms with van der Waals surface area (Å²) in [4.78, 5) is 12.6. The SMILES string of the molecule is COC(c1ccc(Cl)cc1)C(C)NC(=O)c1n[nH]c2c1CNCC2. The van der Waals surface area contributed by atoms with Gasteiger partial charge in [0, 0.05) is 42.9 Å². The first-order chi connectivity index (χ1) is 11.6.